The van der Waals surface area contributed by atoms with Gasteiger partial charge in [-0.25, -0.2) is 13.6 Å². The average Bonchev–Trinajstić information content (AvgIpc) is 2.85. The van der Waals surface area contributed by atoms with Gasteiger partial charge in [0.2, 0.25) is 5.60 Å². The van der Waals surface area contributed by atoms with Gasteiger partial charge in [0.1, 0.15) is 11.6 Å². The summed E-state index contributed by atoms with van der Waals surface area (Å²) in [6.07, 6.45) is 0.291. The molecule has 0 radical (unpaired) electrons. The van der Waals surface area contributed by atoms with Crippen LogP contribution in [0.3, 0.4) is 0 Å². The molecule has 17 heavy (non-hydrogen) atoms. The molecule has 4 nitrogen and oxygen atoms in total. The number of hydrogen-bond acceptors (Lipinski definition) is 3. The number of nitrogens with zero attached hydrogens (tertiary/aromatic N) is 1. The van der Waals surface area contributed by atoms with Crippen LogP contribution in [0.1, 0.15) is 12.0 Å². The van der Waals surface area contributed by atoms with Crippen molar-refractivity contribution in [2.75, 3.05) is 0 Å². The zero-order chi connectivity index (χ0) is 12.2. The lowest BCUT2D eigenvalue weighted by atomic mass is 10.0. The molecule has 1 N–H and O–H groups in total. The van der Waals surface area contributed by atoms with Gasteiger partial charge in [-0.2, -0.15) is 0 Å². The Balaban J connectivity index is 1.95. The molecule has 1 aliphatic heterocycles. The molecule has 2 aliphatic rings. The molecule has 0 aromatic heterocycles. The van der Waals surface area contributed by atoms with E-state index in [4.69, 9.17) is 9.94 Å². The topological polar surface area (TPSA) is 58.9 Å². The third-order valence-electron chi connectivity index (χ3n) is 3.07. The van der Waals surface area contributed by atoms with E-state index in [9.17, 15) is 13.6 Å². The Labute approximate surface area is 94.5 Å². The lowest BCUT2D eigenvalue weighted by Crippen LogP contribution is -2.24. The van der Waals surface area contributed by atoms with Crippen molar-refractivity contribution in [3.05, 3.63) is 35.4 Å². The number of halogens is 2. The number of rotatable bonds is 2. The highest BCUT2D eigenvalue weighted by Crippen LogP contribution is 2.53. The van der Waals surface area contributed by atoms with Crippen LogP contribution in [0.5, 0.6) is 0 Å². The second-order valence-corrected chi connectivity index (χ2v) is 4.18. The molecule has 2 unspecified atom stereocenters. The molecular weight excluding hydrogens is 232 g/mol. The van der Waals surface area contributed by atoms with E-state index in [1.165, 1.54) is 0 Å². The number of hydrogen-bond donors (Lipinski definition) is 1. The van der Waals surface area contributed by atoms with E-state index in [2.05, 4.69) is 5.16 Å². The first-order valence-electron chi connectivity index (χ1n) is 4.99. The standard InChI is InChI=1S/C11H7F2NO3/c12-6-1-5(2-7(13)3-6)9-8-4-11(8,10(15)16)17-14-9/h1-3,8H,4H2,(H,15,16). The lowest BCUT2D eigenvalue weighted by Gasteiger charge is -2.01. The van der Waals surface area contributed by atoms with Crippen LogP contribution in [0.25, 0.3) is 0 Å². The molecule has 1 fully saturated rings. The average molecular weight is 239 g/mol. The van der Waals surface area contributed by atoms with Crippen LogP contribution in [0.15, 0.2) is 23.4 Å². The normalized spacial score (nSPS) is 29.3. The lowest BCUT2D eigenvalue weighted by molar-refractivity contribution is -0.152. The number of aliphatic carboxylic acids is 1. The van der Waals surface area contributed by atoms with E-state index in [1.54, 1.807) is 0 Å². The molecule has 1 aliphatic carbocycles. The van der Waals surface area contributed by atoms with E-state index in [0.29, 0.717) is 12.1 Å². The molecule has 1 aromatic rings. The van der Waals surface area contributed by atoms with Gasteiger partial charge in [0.15, 0.2) is 0 Å². The summed E-state index contributed by atoms with van der Waals surface area (Å²) in [7, 11) is 0. The fourth-order valence-electron chi connectivity index (χ4n) is 2.09. The van der Waals surface area contributed by atoms with Gasteiger partial charge in [-0.1, -0.05) is 5.16 Å². The molecule has 0 amide bonds. The van der Waals surface area contributed by atoms with Crippen molar-refractivity contribution in [2.45, 2.75) is 12.0 Å². The maximum atomic E-state index is 13.0. The molecule has 0 spiro atoms. The van der Waals surface area contributed by atoms with Gasteiger partial charge in [-0.15, -0.1) is 0 Å². The van der Waals surface area contributed by atoms with E-state index in [1.807, 2.05) is 0 Å². The van der Waals surface area contributed by atoms with Gasteiger partial charge in [0.05, 0.1) is 11.6 Å². The van der Waals surface area contributed by atoms with Crippen LogP contribution in [-0.2, 0) is 9.63 Å². The van der Waals surface area contributed by atoms with Crippen LogP contribution < -0.4 is 0 Å². The monoisotopic (exact) mass is 239 g/mol. The van der Waals surface area contributed by atoms with Gasteiger partial charge in [0.25, 0.3) is 0 Å². The number of fused-ring (bicyclic) bond motifs is 1. The van der Waals surface area contributed by atoms with Crippen LogP contribution >= 0.6 is 0 Å². The summed E-state index contributed by atoms with van der Waals surface area (Å²) in [6.45, 7) is 0. The predicted octanol–water partition coefficient (Wildman–Crippen LogP) is 1.54. The van der Waals surface area contributed by atoms with Crippen molar-refractivity contribution >= 4 is 11.7 Å². The molecule has 6 heteroatoms. The van der Waals surface area contributed by atoms with Crippen molar-refractivity contribution in [3.63, 3.8) is 0 Å². The second kappa shape index (κ2) is 3.03. The van der Waals surface area contributed by atoms with Crippen molar-refractivity contribution in [2.24, 2.45) is 11.1 Å². The zero-order valence-electron chi connectivity index (χ0n) is 8.48. The Morgan fingerprint density at radius 1 is 1.41 bits per heavy atom. The first-order chi connectivity index (χ1) is 8.03. The van der Waals surface area contributed by atoms with Crippen molar-refractivity contribution in [1.29, 1.82) is 0 Å². The smallest absolute Gasteiger partial charge is 0.351 e. The summed E-state index contributed by atoms with van der Waals surface area (Å²) in [5, 5.41) is 12.6. The Morgan fingerprint density at radius 2 is 2.06 bits per heavy atom. The van der Waals surface area contributed by atoms with Gasteiger partial charge < -0.3 is 9.94 Å². The maximum Gasteiger partial charge on any atom is 0.351 e. The largest absolute Gasteiger partial charge is 0.478 e. The van der Waals surface area contributed by atoms with E-state index in [0.717, 1.165) is 18.2 Å². The SMILES string of the molecule is O=C(O)C12CC1C(c1cc(F)cc(F)c1)=NO2. The summed E-state index contributed by atoms with van der Waals surface area (Å²) in [5.74, 6) is -2.97. The number of carbonyl (C=O) groups is 1. The molecule has 1 heterocycles. The first-order valence-corrected chi connectivity index (χ1v) is 4.99. The molecule has 0 saturated heterocycles. The minimum Gasteiger partial charge on any atom is -0.478 e. The summed E-state index contributed by atoms with van der Waals surface area (Å²) in [6, 6.07) is 2.97. The first kappa shape index (κ1) is 10.2. The fourth-order valence-corrected chi connectivity index (χ4v) is 2.09. The van der Waals surface area contributed by atoms with Gasteiger partial charge in [-0.05, 0) is 12.1 Å². The summed E-state index contributed by atoms with van der Waals surface area (Å²) < 4.78 is 26.0. The minimum absolute atomic E-state index is 0.230. The number of carboxylic acid groups (broad SMARTS) is 1. The zero-order valence-corrected chi connectivity index (χ0v) is 8.48. The molecule has 1 aromatic carbocycles. The Morgan fingerprint density at radius 3 is 2.53 bits per heavy atom. The number of oxime groups is 1. The highest BCUT2D eigenvalue weighted by Gasteiger charge is 2.70. The number of carboxylic acids is 1. The molecule has 88 valence electrons. The third-order valence-corrected chi connectivity index (χ3v) is 3.07. The van der Waals surface area contributed by atoms with Gasteiger partial charge in [-0.3, -0.25) is 0 Å². The van der Waals surface area contributed by atoms with Gasteiger partial charge >= 0.3 is 5.97 Å². The van der Waals surface area contributed by atoms with Crippen molar-refractivity contribution < 1.29 is 23.5 Å². The van der Waals surface area contributed by atoms with Crippen LogP contribution in [0, 0.1) is 17.6 Å². The van der Waals surface area contributed by atoms with Crippen LogP contribution in [0.4, 0.5) is 8.78 Å². The molecular formula is C11H7F2NO3. The molecule has 3 rings (SSSR count). The predicted molar refractivity (Wildman–Crippen MR) is 52.5 cm³/mol. The third kappa shape index (κ3) is 1.33. The fraction of sp³-hybridized carbons (Fsp3) is 0.273. The van der Waals surface area contributed by atoms with Crippen LogP contribution in [-0.4, -0.2) is 22.4 Å². The van der Waals surface area contributed by atoms with Crippen LogP contribution in [0.2, 0.25) is 0 Å². The molecule has 0 bridgehead atoms. The minimum atomic E-state index is -1.31. The number of benzene rings is 1. The highest BCUT2D eigenvalue weighted by molar-refractivity contribution is 6.10. The van der Waals surface area contributed by atoms with E-state index < -0.39 is 29.1 Å². The summed E-state index contributed by atoms with van der Waals surface area (Å²) >= 11 is 0. The maximum absolute atomic E-state index is 13.0. The molecule has 1 saturated carbocycles. The van der Waals surface area contributed by atoms with Crippen molar-refractivity contribution in [1.82, 2.24) is 0 Å². The van der Waals surface area contributed by atoms with Crippen molar-refractivity contribution in [3.8, 4) is 0 Å². The summed E-state index contributed by atoms with van der Waals surface area (Å²) in [5.41, 5.74) is -0.781. The Hall–Kier alpha value is -1.98. The Bertz CT molecular complexity index is 537. The molecule has 2 atom stereocenters. The van der Waals surface area contributed by atoms with E-state index in [-0.39, 0.29) is 5.56 Å². The highest BCUT2D eigenvalue weighted by atomic mass is 19.1. The van der Waals surface area contributed by atoms with Gasteiger partial charge in [0, 0.05) is 18.1 Å². The Kier molecular flexibility index (Phi) is 1.81. The van der Waals surface area contributed by atoms with E-state index >= 15 is 0 Å². The second-order valence-electron chi connectivity index (χ2n) is 4.18. The quantitative estimate of drug-likeness (QED) is 0.851. The summed E-state index contributed by atoms with van der Waals surface area (Å²) in [4.78, 5) is 15.8.